The van der Waals surface area contributed by atoms with Gasteiger partial charge in [0.25, 0.3) is 0 Å². The average Bonchev–Trinajstić information content (AvgIpc) is 2.82. The van der Waals surface area contributed by atoms with Crippen LogP contribution in [-0.4, -0.2) is 34.6 Å². The third-order valence-electron chi connectivity index (χ3n) is 3.45. The second-order valence-corrected chi connectivity index (χ2v) is 5.45. The predicted molar refractivity (Wildman–Crippen MR) is 79.4 cm³/mol. The summed E-state index contributed by atoms with van der Waals surface area (Å²) in [6, 6.07) is 0.307. The van der Waals surface area contributed by atoms with E-state index in [0.29, 0.717) is 6.04 Å². The van der Waals surface area contributed by atoms with Crippen LogP contribution in [0, 0.1) is 0 Å². The first-order valence-corrected chi connectivity index (χ1v) is 7.42. The molecule has 0 aliphatic carbocycles. The minimum Gasteiger partial charge on any atom is -0.374 e. The number of nitrogens with zero attached hydrogens (tertiary/aromatic N) is 2. The molecule has 0 saturated heterocycles. The minimum atomic E-state index is -0.168. The maximum absolute atomic E-state index is 5.90. The molecule has 0 spiro atoms. The summed E-state index contributed by atoms with van der Waals surface area (Å²) in [5, 5.41) is 7.95. The zero-order valence-electron chi connectivity index (χ0n) is 13.1. The van der Waals surface area contributed by atoms with E-state index in [9.17, 15) is 0 Å². The molecule has 1 atom stereocenters. The van der Waals surface area contributed by atoms with Crippen molar-refractivity contribution in [2.45, 2.75) is 65.6 Å². The summed E-state index contributed by atoms with van der Waals surface area (Å²) in [5.41, 5.74) is 1.10. The van der Waals surface area contributed by atoms with Gasteiger partial charge >= 0.3 is 0 Å². The molecule has 4 heteroatoms. The molecule has 0 amide bonds. The molecular weight excluding hydrogens is 238 g/mol. The number of aromatic nitrogens is 2. The molecule has 1 heterocycles. The highest BCUT2D eigenvalue weighted by Gasteiger charge is 2.29. The molecule has 1 rings (SSSR count). The van der Waals surface area contributed by atoms with E-state index in [1.807, 2.05) is 17.8 Å². The molecule has 4 nitrogen and oxygen atoms in total. The predicted octanol–water partition coefficient (Wildman–Crippen LogP) is 2.63. The summed E-state index contributed by atoms with van der Waals surface area (Å²) in [5.74, 6) is 0. The van der Waals surface area contributed by atoms with Crippen LogP contribution in [0.3, 0.4) is 0 Å². The summed E-state index contributed by atoms with van der Waals surface area (Å²) < 4.78 is 7.88. The fourth-order valence-electron chi connectivity index (χ4n) is 2.28. The van der Waals surface area contributed by atoms with Crippen LogP contribution in [0.25, 0.3) is 0 Å². The van der Waals surface area contributed by atoms with Crippen LogP contribution in [0.2, 0.25) is 0 Å². The van der Waals surface area contributed by atoms with Crippen molar-refractivity contribution in [2.75, 3.05) is 13.2 Å². The van der Waals surface area contributed by atoms with Crippen molar-refractivity contribution in [3.05, 3.63) is 18.0 Å². The SMILES string of the molecule is CCCNC(Cc1cnn(CC)c1)C(C)(C)OCC. The number of ether oxygens (including phenoxy) is 1. The molecule has 19 heavy (non-hydrogen) atoms. The van der Waals surface area contributed by atoms with Gasteiger partial charge in [-0.05, 0) is 52.6 Å². The highest BCUT2D eigenvalue weighted by molar-refractivity contribution is 5.08. The maximum Gasteiger partial charge on any atom is 0.0781 e. The lowest BCUT2D eigenvalue weighted by molar-refractivity contribution is -0.0379. The summed E-state index contributed by atoms with van der Waals surface area (Å²) in [4.78, 5) is 0. The van der Waals surface area contributed by atoms with Gasteiger partial charge in [-0.25, -0.2) is 0 Å². The molecule has 0 bridgehead atoms. The average molecular weight is 267 g/mol. The van der Waals surface area contributed by atoms with E-state index in [1.165, 1.54) is 5.56 Å². The third kappa shape index (κ3) is 4.96. The van der Waals surface area contributed by atoms with Crippen molar-refractivity contribution in [2.24, 2.45) is 0 Å². The lowest BCUT2D eigenvalue weighted by Crippen LogP contribution is -2.50. The molecule has 1 unspecified atom stereocenters. The van der Waals surface area contributed by atoms with Gasteiger partial charge in [0.2, 0.25) is 0 Å². The lowest BCUT2D eigenvalue weighted by Gasteiger charge is -2.35. The Balaban J connectivity index is 2.73. The van der Waals surface area contributed by atoms with Gasteiger partial charge in [-0.15, -0.1) is 0 Å². The van der Waals surface area contributed by atoms with Crippen LogP contribution in [0.1, 0.15) is 46.6 Å². The quantitative estimate of drug-likeness (QED) is 0.747. The molecule has 0 fully saturated rings. The first-order valence-electron chi connectivity index (χ1n) is 7.42. The van der Waals surface area contributed by atoms with Crippen LogP contribution in [-0.2, 0) is 17.7 Å². The Kier molecular flexibility index (Phi) is 6.52. The second kappa shape index (κ2) is 7.65. The Morgan fingerprint density at radius 3 is 2.63 bits per heavy atom. The summed E-state index contributed by atoms with van der Waals surface area (Å²) in [6.07, 6.45) is 6.18. The Labute approximate surface area is 117 Å². The van der Waals surface area contributed by atoms with Gasteiger partial charge in [-0.2, -0.15) is 5.10 Å². The molecule has 1 N–H and O–H groups in total. The summed E-state index contributed by atoms with van der Waals surface area (Å²) in [6.45, 7) is 13.3. The standard InChI is InChI=1S/C15H29N3O/c1-6-9-16-14(15(4,5)19-8-3)10-13-11-17-18(7-2)12-13/h11-12,14,16H,6-10H2,1-5H3. The van der Waals surface area contributed by atoms with E-state index in [2.05, 4.69) is 44.3 Å². The van der Waals surface area contributed by atoms with Gasteiger partial charge in [0, 0.05) is 25.4 Å². The number of aryl methyl sites for hydroxylation is 1. The Morgan fingerprint density at radius 2 is 2.11 bits per heavy atom. The molecule has 0 aromatic carbocycles. The molecule has 0 radical (unpaired) electrons. The first kappa shape index (κ1) is 16.2. The van der Waals surface area contributed by atoms with Crippen molar-refractivity contribution in [1.29, 1.82) is 0 Å². The normalized spacial score (nSPS) is 13.7. The highest BCUT2D eigenvalue weighted by atomic mass is 16.5. The Hall–Kier alpha value is -0.870. The van der Waals surface area contributed by atoms with E-state index in [4.69, 9.17) is 4.74 Å². The topological polar surface area (TPSA) is 39.1 Å². The van der Waals surface area contributed by atoms with Gasteiger partial charge in [0.15, 0.2) is 0 Å². The van der Waals surface area contributed by atoms with Crippen LogP contribution >= 0.6 is 0 Å². The molecular formula is C15H29N3O. The number of rotatable bonds is 9. The van der Waals surface area contributed by atoms with E-state index in [0.717, 1.165) is 32.5 Å². The monoisotopic (exact) mass is 267 g/mol. The van der Waals surface area contributed by atoms with Gasteiger partial charge < -0.3 is 10.1 Å². The van der Waals surface area contributed by atoms with Crippen LogP contribution in [0.4, 0.5) is 0 Å². The molecule has 1 aromatic heterocycles. The van der Waals surface area contributed by atoms with E-state index in [1.54, 1.807) is 0 Å². The van der Waals surface area contributed by atoms with Crippen molar-refractivity contribution >= 4 is 0 Å². The smallest absolute Gasteiger partial charge is 0.0781 e. The lowest BCUT2D eigenvalue weighted by atomic mass is 9.93. The number of hydrogen-bond acceptors (Lipinski definition) is 3. The Morgan fingerprint density at radius 1 is 1.37 bits per heavy atom. The van der Waals surface area contributed by atoms with Crippen molar-refractivity contribution in [3.63, 3.8) is 0 Å². The van der Waals surface area contributed by atoms with Crippen LogP contribution < -0.4 is 5.32 Å². The van der Waals surface area contributed by atoms with Gasteiger partial charge in [0.1, 0.15) is 0 Å². The fourth-order valence-corrected chi connectivity index (χ4v) is 2.28. The molecule has 0 saturated carbocycles. The Bertz CT molecular complexity index is 360. The van der Waals surface area contributed by atoms with Crippen LogP contribution in [0.5, 0.6) is 0 Å². The van der Waals surface area contributed by atoms with Gasteiger partial charge in [0.05, 0.1) is 11.8 Å². The number of hydrogen-bond donors (Lipinski definition) is 1. The molecule has 110 valence electrons. The summed E-state index contributed by atoms with van der Waals surface area (Å²) in [7, 11) is 0. The first-order chi connectivity index (χ1) is 9.03. The third-order valence-corrected chi connectivity index (χ3v) is 3.45. The van der Waals surface area contributed by atoms with Crippen molar-refractivity contribution in [1.82, 2.24) is 15.1 Å². The minimum absolute atomic E-state index is 0.168. The maximum atomic E-state index is 5.90. The van der Waals surface area contributed by atoms with Gasteiger partial charge in [-0.3, -0.25) is 4.68 Å². The van der Waals surface area contributed by atoms with Crippen molar-refractivity contribution in [3.8, 4) is 0 Å². The van der Waals surface area contributed by atoms with Crippen molar-refractivity contribution < 1.29 is 4.74 Å². The zero-order valence-corrected chi connectivity index (χ0v) is 13.1. The summed E-state index contributed by atoms with van der Waals surface area (Å²) >= 11 is 0. The zero-order chi connectivity index (χ0) is 14.3. The van der Waals surface area contributed by atoms with E-state index in [-0.39, 0.29) is 5.60 Å². The van der Waals surface area contributed by atoms with Crippen LogP contribution in [0.15, 0.2) is 12.4 Å². The fraction of sp³-hybridized carbons (Fsp3) is 0.800. The molecule has 0 aliphatic rings. The van der Waals surface area contributed by atoms with E-state index >= 15 is 0 Å². The highest BCUT2D eigenvalue weighted by Crippen LogP contribution is 2.19. The largest absolute Gasteiger partial charge is 0.374 e. The van der Waals surface area contributed by atoms with E-state index < -0.39 is 0 Å². The number of nitrogens with one attached hydrogen (secondary N) is 1. The van der Waals surface area contributed by atoms with Gasteiger partial charge in [-0.1, -0.05) is 6.92 Å². The second-order valence-electron chi connectivity index (χ2n) is 5.45. The molecule has 0 aliphatic heterocycles. The molecule has 1 aromatic rings.